The van der Waals surface area contributed by atoms with Crippen molar-refractivity contribution in [1.82, 2.24) is 14.3 Å². The summed E-state index contributed by atoms with van der Waals surface area (Å²) in [7, 11) is 3.55. The maximum atomic E-state index is 12.8. The summed E-state index contributed by atoms with van der Waals surface area (Å²) in [5.74, 6) is 1.69. The van der Waals surface area contributed by atoms with E-state index in [-0.39, 0.29) is 5.91 Å². The molecule has 0 saturated carbocycles. The van der Waals surface area contributed by atoms with Gasteiger partial charge >= 0.3 is 0 Å². The Hall–Kier alpha value is -2.93. The Morgan fingerprint density at radius 3 is 2.86 bits per heavy atom. The minimum atomic E-state index is 0.117. The Balaban J connectivity index is 1.36. The van der Waals surface area contributed by atoms with Gasteiger partial charge in [-0.25, -0.2) is 4.98 Å². The monoisotopic (exact) mass is 408 g/mol. The third kappa shape index (κ3) is 4.56. The third-order valence-corrected chi connectivity index (χ3v) is 6.00. The Kier molecular flexibility index (Phi) is 5.76. The standard InChI is InChI=1S/C22H24N4O2S/c1-25(15-21(27)26-11-10-17-7-3-4-8-18(17)14-26)22-23-20(24-29-22)13-16-6-5-9-19(12-16)28-2/h3-9,12H,10-11,13-15H2,1-2H3. The van der Waals surface area contributed by atoms with E-state index in [4.69, 9.17) is 4.74 Å². The summed E-state index contributed by atoms with van der Waals surface area (Å²) in [6.45, 7) is 1.75. The van der Waals surface area contributed by atoms with Crippen LogP contribution in [0.2, 0.25) is 0 Å². The van der Waals surface area contributed by atoms with Crippen molar-refractivity contribution in [3.8, 4) is 5.75 Å². The molecule has 150 valence electrons. The number of rotatable bonds is 6. The van der Waals surface area contributed by atoms with Crippen molar-refractivity contribution in [2.45, 2.75) is 19.4 Å². The topological polar surface area (TPSA) is 58.6 Å². The number of methoxy groups -OCH3 is 1. The quantitative estimate of drug-likeness (QED) is 0.627. The highest BCUT2D eigenvalue weighted by molar-refractivity contribution is 7.09. The largest absolute Gasteiger partial charge is 0.497 e. The van der Waals surface area contributed by atoms with Gasteiger partial charge in [0.25, 0.3) is 0 Å². The molecule has 1 aliphatic heterocycles. The van der Waals surface area contributed by atoms with Crippen LogP contribution in [0.15, 0.2) is 48.5 Å². The molecule has 0 unspecified atom stereocenters. The second kappa shape index (κ2) is 8.61. The Bertz CT molecular complexity index is 1000. The molecule has 3 aromatic rings. The molecule has 0 bridgehead atoms. The van der Waals surface area contributed by atoms with Gasteiger partial charge in [0, 0.05) is 38.1 Å². The molecule has 1 aromatic heterocycles. The maximum absolute atomic E-state index is 12.8. The first-order valence-electron chi connectivity index (χ1n) is 9.63. The average Bonchev–Trinajstić information content (AvgIpc) is 3.22. The lowest BCUT2D eigenvalue weighted by Gasteiger charge is -2.30. The summed E-state index contributed by atoms with van der Waals surface area (Å²) < 4.78 is 9.73. The number of amides is 1. The van der Waals surface area contributed by atoms with Gasteiger partial charge in [0.15, 0.2) is 0 Å². The molecular weight excluding hydrogens is 384 g/mol. The zero-order valence-electron chi connectivity index (χ0n) is 16.7. The van der Waals surface area contributed by atoms with Crippen molar-refractivity contribution in [3.63, 3.8) is 0 Å². The van der Waals surface area contributed by atoms with Crippen LogP contribution < -0.4 is 9.64 Å². The first-order valence-corrected chi connectivity index (χ1v) is 10.4. The molecular formula is C22H24N4O2S. The van der Waals surface area contributed by atoms with Crippen LogP contribution in [0.4, 0.5) is 5.13 Å². The van der Waals surface area contributed by atoms with Crippen LogP contribution in [0.3, 0.4) is 0 Å². The second-order valence-electron chi connectivity index (χ2n) is 7.21. The van der Waals surface area contributed by atoms with Crippen LogP contribution in [-0.4, -0.2) is 47.4 Å². The second-order valence-corrected chi connectivity index (χ2v) is 7.94. The first-order chi connectivity index (χ1) is 14.1. The van der Waals surface area contributed by atoms with Crippen molar-refractivity contribution in [1.29, 1.82) is 0 Å². The van der Waals surface area contributed by atoms with Crippen molar-refractivity contribution < 1.29 is 9.53 Å². The van der Waals surface area contributed by atoms with Crippen molar-refractivity contribution >= 4 is 22.6 Å². The number of nitrogens with zero attached hydrogens (tertiary/aromatic N) is 4. The van der Waals surface area contributed by atoms with Crippen LogP contribution in [0.1, 0.15) is 22.5 Å². The molecule has 0 aliphatic carbocycles. The number of carbonyl (C=O) groups is 1. The number of hydrogen-bond acceptors (Lipinski definition) is 6. The van der Waals surface area contributed by atoms with E-state index in [9.17, 15) is 4.79 Å². The zero-order valence-corrected chi connectivity index (χ0v) is 17.5. The fourth-order valence-electron chi connectivity index (χ4n) is 3.52. The summed E-state index contributed by atoms with van der Waals surface area (Å²) in [5, 5.41) is 0.758. The highest BCUT2D eigenvalue weighted by Crippen LogP contribution is 2.21. The van der Waals surface area contributed by atoms with Gasteiger partial charge < -0.3 is 14.5 Å². The molecule has 1 amide bonds. The number of benzene rings is 2. The van der Waals surface area contributed by atoms with E-state index in [1.165, 1.54) is 22.7 Å². The van der Waals surface area contributed by atoms with E-state index in [0.29, 0.717) is 19.5 Å². The molecule has 6 nitrogen and oxygen atoms in total. The maximum Gasteiger partial charge on any atom is 0.242 e. The molecule has 7 heteroatoms. The van der Waals surface area contributed by atoms with Crippen LogP contribution in [-0.2, 0) is 24.2 Å². The minimum Gasteiger partial charge on any atom is -0.497 e. The van der Waals surface area contributed by atoms with Crippen molar-refractivity contribution in [2.24, 2.45) is 0 Å². The molecule has 0 radical (unpaired) electrons. The highest BCUT2D eigenvalue weighted by atomic mass is 32.1. The van der Waals surface area contributed by atoms with Gasteiger partial charge in [-0.2, -0.15) is 4.37 Å². The van der Waals surface area contributed by atoms with Gasteiger partial charge in [-0.15, -0.1) is 0 Å². The number of ether oxygens (including phenoxy) is 1. The van der Waals surface area contributed by atoms with E-state index in [1.54, 1.807) is 7.11 Å². The SMILES string of the molecule is COc1cccc(Cc2nsc(N(C)CC(=O)N3CCc4ccccc4C3)n2)c1. The van der Waals surface area contributed by atoms with Crippen LogP contribution in [0.25, 0.3) is 0 Å². The predicted molar refractivity (Wildman–Crippen MR) is 115 cm³/mol. The lowest BCUT2D eigenvalue weighted by molar-refractivity contribution is -0.130. The Labute approximate surface area is 174 Å². The molecule has 0 fully saturated rings. The van der Waals surface area contributed by atoms with Gasteiger partial charge in [0.05, 0.1) is 13.7 Å². The summed E-state index contributed by atoms with van der Waals surface area (Å²) in [4.78, 5) is 21.2. The van der Waals surface area contributed by atoms with Crippen LogP contribution in [0, 0.1) is 0 Å². The fourth-order valence-corrected chi connectivity index (χ4v) is 4.16. The number of likely N-dealkylation sites (N-methyl/N-ethyl adjacent to an activating group) is 1. The molecule has 0 atom stereocenters. The lowest BCUT2D eigenvalue weighted by Crippen LogP contribution is -2.41. The summed E-state index contributed by atoms with van der Waals surface area (Å²) in [6, 6.07) is 16.2. The normalized spacial score (nSPS) is 13.1. The van der Waals surface area contributed by atoms with Gasteiger partial charge in [-0.3, -0.25) is 4.79 Å². The number of anilines is 1. The molecule has 29 heavy (non-hydrogen) atoms. The van der Waals surface area contributed by atoms with Gasteiger partial charge in [0.2, 0.25) is 11.0 Å². The molecule has 0 saturated heterocycles. The number of carbonyl (C=O) groups excluding carboxylic acids is 1. The van der Waals surface area contributed by atoms with E-state index >= 15 is 0 Å². The number of hydrogen-bond donors (Lipinski definition) is 0. The molecule has 0 N–H and O–H groups in total. The Morgan fingerprint density at radius 1 is 1.21 bits per heavy atom. The molecule has 1 aliphatic rings. The van der Waals surface area contributed by atoms with Gasteiger partial charge in [-0.05, 0) is 35.2 Å². The smallest absolute Gasteiger partial charge is 0.242 e. The summed E-state index contributed by atoms with van der Waals surface area (Å²) in [5.41, 5.74) is 3.68. The number of aromatic nitrogens is 2. The molecule has 2 aromatic carbocycles. The first kappa shape index (κ1) is 19.4. The van der Waals surface area contributed by atoms with E-state index in [2.05, 4.69) is 27.6 Å². The summed E-state index contributed by atoms with van der Waals surface area (Å²) in [6.07, 6.45) is 1.55. The van der Waals surface area contributed by atoms with Crippen molar-refractivity contribution in [2.75, 3.05) is 32.1 Å². The van der Waals surface area contributed by atoms with E-state index < -0.39 is 0 Å². The average molecular weight is 409 g/mol. The van der Waals surface area contributed by atoms with Crippen LogP contribution in [0.5, 0.6) is 5.75 Å². The summed E-state index contributed by atoms with van der Waals surface area (Å²) >= 11 is 1.33. The zero-order chi connectivity index (χ0) is 20.2. The molecule has 2 heterocycles. The van der Waals surface area contributed by atoms with Gasteiger partial charge in [0.1, 0.15) is 11.6 Å². The Morgan fingerprint density at radius 2 is 2.03 bits per heavy atom. The molecule has 4 rings (SSSR count). The fraction of sp³-hybridized carbons (Fsp3) is 0.318. The third-order valence-electron chi connectivity index (χ3n) is 5.14. The minimum absolute atomic E-state index is 0.117. The lowest BCUT2D eigenvalue weighted by atomic mass is 10.00. The van der Waals surface area contributed by atoms with E-state index in [0.717, 1.165) is 35.2 Å². The molecule has 0 spiro atoms. The van der Waals surface area contributed by atoms with Gasteiger partial charge in [-0.1, -0.05) is 36.4 Å². The van der Waals surface area contributed by atoms with Crippen molar-refractivity contribution in [3.05, 3.63) is 71.0 Å². The number of fused-ring (bicyclic) bond motifs is 1. The van der Waals surface area contributed by atoms with Crippen LogP contribution >= 0.6 is 11.5 Å². The van der Waals surface area contributed by atoms with E-state index in [1.807, 2.05) is 47.2 Å². The predicted octanol–water partition coefficient (Wildman–Crippen LogP) is 3.16. The highest BCUT2D eigenvalue weighted by Gasteiger charge is 2.22.